The van der Waals surface area contributed by atoms with E-state index in [0.29, 0.717) is 23.5 Å². The van der Waals surface area contributed by atoms with E-state index >= 15 is 0 Å². The minimum absolute atomic E-state index is 0.146. The first-order valence-electron chi connectivity index (χ1n) is 13.9. The quantitative estimate of drug-likeness (QED) is 0.282. The fourth-order valence-corrected chi connectivity index (χ4v) is 8.03. The van der Waals surface area contributed by atoms with Crippen molar-refractivity contribution in [3.05, 3.63) is 71.8 Å². The summed E-state index contributed by atoms with van der Waals surface area (Å²) in [5.41, 5.74) is 1.90. The molecule has 38 heavy (non-hydrogen) atoms. The van der Waals surface area contributed by atoms with Crippen LogP contribution in [0.2, 0.25) is 19.6 Å². The standard InChI is InChI=1S/C31H42N2O4Si/c1-21(2)25-18-17-22(3)26(19-25)37-30(34)28-27(24-15-11-8-12-16-24)29(38(4,5)6)33(32-28)31(35)36-20-23-13-9-7-10-14-23/h7-16,21-22,25-27,29H,17-20H2,1-6H3/t22-,25-,26+,27-,29-/m1/s1. The Labute approximate surface area is 228 Å². The maximum Gasteiger partial charge on any atom is 0.430 e. The number of rotatable bonds is 7. The molecule has 2 aromatic rings. The third-order valence-electron chi connectivity index (χ3n) is 8.10. The Bertz CT molecular complexity index is 1130. The van der Waals surface area contributed by atoms with Crippen LogP contribution >= 0.6 is 0 Å². The molecule has 1 aliphatic heterocycles. The molecule has 0 unspecified atom stereocenters. The lowest BCUT2D eigenvalue weighted by atomic mass is 9.76. The van der Waals surface area contributed by atoms with Gasteiger partial charge in [-0.1, -0.05) is 101 Å². The van der Waals surface area contributed by atoms with Crippen molar-refractivity contribution < 1.29 is 19.1 Å². The number of ether oxygens (including phenoxy) is 2. The predicted octanol–water partition coefficient (Wildman–Crippen LogP) is 7.03. The van der Waals surface area contributed by atoms with Crippen LogP contribution in [-0.2, 0) is 20.9 Å². The molecule has 1 aliphatic carbocycles. The molecular formula is C31H42N2O4Si. The number of benzene rings is 2. The third kappa shape index (κ3) is 6.37. The second kappa shape index (κ2) is 11.8. The Kier molecular flexibility index (Phi) is 8.76. The van der Waals surface area contributed by atoms with Crippen LogP contribution in [-0.4, -0.2) is 42.6 Å². The Morgan fingerprint density at radius 1 is 1.00 bits per heavy atom. The zero-order valence-electron chi connectivity index (χ0n) is 23.6. The van der Waals surface area contributed by atoms with Gasteiger partial charge >= 0.3 is 12.1 Å². The third-order valence-corrected chi connectivity index (χ3v) is 10.5. The normalized spacial score (nSPS) is 25.7. The highest BCUT2D eigenvalue weighted by Gasteiger charge is 2.51. The topological polar surface area (TPSA) is 68.2 Å². The number of amides is 1. The van der Waals surface area contributed by atoms with Gasteiger partial charge in [0.2, 0.25) is 0 Å². The minimum atomic E-state index is -2.08. The highest BCUT2D eigenvalue weighted by molar-refractivity contribution is 6.78. The molecule has 2 aromatic carbocycles. The fourth-order valence-electron chi connectivity index (χ4n) is 5.79. The van der Waals surface area contributed by atoms with Gasteiger partial charge in [-0.2, -0.15) is 10.1 Å². The Morgan fingerprint density at radius 2 is 1.63 bits per heavy atom. The summed E-state index contributed by atoms with van der Waals surface area (Å²) in [5, 5.41) is 6.12. The van der Waals surface area contributed by atoms with E-state index in [9.17, 15) is 9.59 Å². The average molecular weight is 535 g/mol. The molecule has 1 saturated carbocycles. The van der Waals surface area contributed by atoms with Crippen molar-refractivity contribution in [1.29, 1.82) is 0 Å². The van der Waals surface area contributed by atoms with Gasteiger partial charge in [-0.15, -0.1) is 0 Å². The van der Waals surface area contributed by atoms with Crippen LogP contribution in [0.1, 0.15) is 57.1 Å². The number of nitrogens with zero attached hydrogens (tertiary/aromatic N) is 2. The summed E-state index contributed by atoms with van der Waals surface area (Å²) in [5.74, 6) is 0.612. The molecule has 5 atom stereocenters. The second-order valence-corrected chi connectivity index (χ2v) is 17.6. The lowest BCUT2D eigenvalue weighted by molar-refractivity contribution is -0.146. The maximum atomic E-state index is 13.8. The molecule has 204 valence electrons. The van der Waals surface area contributed by atoms with E-state index in [1.807, 2.05) is 60.7 Å². The van der Waals surface area contributed by atoms with Crippen molar-refractivity contribution in [2.75, 3.05) is 0 Å². The smallest absolute Gasteiger partial charge is 0.430 e. The molecule has 0 saturated heterocycles. The van der Waals surface area contributed by atoms with Gasteiger partial charge in [0.05, 0.1) is 19.7 Å². The fraction of sp³-hybridized carbons (Fsp3) is 0.516. The summed E-state index contributed by atoms with van der Waals surface area (Å²) in [7, 11) is -2.08. The first-order chi connectivity index (χ1) is 18.1. The molecule has 0 spiro atoms. The van der Waals surface area contributed by atoms with E-state index in [2.05, 4.69) is 45.5 Å². The van der Waals surface area contributed by atoms with Gasteiger partial charge in [0.25, 0.3) is 0 Å². The predicted molar refractivity (Wildman–Crippen MR) is 153 cm³/mol. The summed E-state index contributed by atoms with van der Waals surface area (Å²) in [4.78, 5) is 27.3. The van der Waals surface area contributed by atoms with E-state index in [-0.39, 0.29) is 24.3 Å². The van der Waals surface area contributed by atoms with Crippen molar-refractivity contribution in [3.8, 4) is 0 Å². The number of hydrazone groups is 1. The van der Waals surface area contributed by atoms with Crippen molar-refractivity contribution in [3.63, 3.8) is 0 Å². The van der Waals surface area contributed by atoms with Crippen molar-refractivity contribution in [1.82, 2.24) is 5.01 Å². The van der Waals surface area contributed by atoms with Crippen LogP contribution in [0, 0.1) is 17.8 Å². The van der Waals surface area contributed by atoms with Gasteiger partial charge in [0.1, 0.15) is 12.7 Å². The molecule has 0 N–H and O–H groups in total. The summed E-state index contributed by atoms with van der Waals surface area (Å²) >= 11 is 0. The SMILES string of the molecule is CC(C)[C@@H]1CC[C@@H](C)[C@@H](OC(=O)C2=NN(C(=O)OCc3ccccc3)[C@H]([Si](C)(C)C)[C@@H]2c2ccccc2)C1. The minimum Gasteiger partial charge on any atom is -0.458 e. The summed E-state index contributed by atoms with van der Waals surface area (Å²) < 4.78 is 11.9. The summed E-state index contributed by atoms with van der Waals surface area (Å²) in [6.07, 6.45) is 2.40. The first-order valence-corrected chi connectivity index (χ1v) is 17.5. The Morgan fingerprint density at radius 3 is 2.24 bits per heavy atom. The van der Waals surface area contributed by atoms with E-state index in [1.54, 1.807) is 0 Å². The van der Waals surface area contributed by atoms with Gasteiger partial charge in [-0.05, 0) is 48.1 Å². The van der Waals surface area contributed by atoms with Gasteiger partial charge in [0.15, 0.2) is 5.71 Å². The largest absolute Gasteiger partial charge is 0.458 e. The molecule has 0 bridgehead atoms. The molecule has 1 fully saturated rings. The molecule has 7 heteroatoms. The first kappa shape index (κ1) is 28.1. The van der Waals surface area contributed by atoms with Crippen LogP contribution in [0.3, 0.4) is 0 Å². The molecule has 0 radical (unpaired) electrons. The Hall–Kier alpha value is -2.93. The number of esters is 1. The van der Waals surface area contributed by atoms with Crippen molar-refractivity contribution in [2.45, 2.75) is 84.0 Å². The zero-order chi connectivity index (χ0) is 27.4. The van der Waals surface area contributed by atoms with Gasteiger partial charge in [0, 0.05) is 0 Å². The van der Waals surface area contributed by atoms with E-state index in [0.717, 1.165) is 24.0 Å². The highest BCUT2D eigenvalue weighted by Crippen LogP contribution is 2.39. The average Bonchev–Trinajstić information content (AvgIpc) is 3.31. The summed E-state index contributed by atoms with van der Waals surface area (Å²) in [6, 6.07) is 19.5. The number of carbonyl (C=O) groups excluding carboxylic acids is 2. The van der Waals surface area contributed by atoms with E-state index < -0.39 is 20.1 Å². The number of hydrogen-bond acceptors (Lipinski definition) is 5. The van der Waals surface area contributed by atoms with Crippen LogP contribution in [0.25, 0.3) is 0 Å². The van der Waals surface area contributed by atoms with Crippen LogP contribution in [0.15, 0.2) is 65.8 Å². The lowest BCUT2D eigenvalue weighted by Crippen LogP contribution is -2.52. The van der Waals surface area contributed by atoms with Gasteiger partial charge in [-0.3, -0.25) is 0 Å². The Balaban J connectivity index is 1.64. The molecule has 4 rings (SSSR count). The molecule has 6 nitrogen and oxygen atoms in total. The number of carbonyl (C=O) groups is 2. The lowest BCUT2D eigenvalue weighted by Gasteiger charge is -2.36. The number of hydrogen-bond donors (Lipinski definition) is 0. The zero-order valence-corrected chi connectivity index (χ0v) is 24.6. The van der Waals surface area contributed by atoms with E-state index in [1.165, 1.54) is 11.4 Å². The molecule has 1 amide bonds. The van der Waals surface area contributed by atoms with Crippen molar-refractivity contribution >= 4 is 25.8 Å². The molecule has 0 aromatic heterocycles. The molecular weight excluding hydrogens is 492 g/mol. The van der Waals surface area contributed by atoms with E-state index in [4.69, 9.17) is 9.47 Å². The second-order valence-electron chi connectivity index (χ2n) is 12.3. The van der Waals surface area contributed by atoms with Crippen LogP contribution in [0.5, 0.6) is 0 Å². The van der Waals surface area contributed by atoms with Gasteiger partial charge in [-0.25, -0.2) is 9.59 Å². The van der Waals surface area contributed by atoms with Crippen molar-refractivity contribution in [2.24, 2.45) is 22.9 Å². The molecule has 2 aliphatic rings. The molecule has 1 heterocycles. The van der Waals surface area contributed by atoms with Crippen LogP contribution in [0.4, 0.5) is 4.79 Å². The highest BCUT2D eigenvalue weighted by atomic mass is 28.3. The van der Waals surface area contributed by atoms with Gasteiger partial charge < -0.3 is 9.47 Å². The summed E-state index contributed by atoms with van der Waals surface area (Å²) in [6.45, 7) is 13.4. The maximum absolute atomic E-state index is 13.8. The van der Waals surface area contributed by atoms with Crippen LogP contribution < -0.4 is 0 Å². The monoisotopic (exact) mass is 534 g/mol.